The van der Waals surface area contributed by atoms with Crippen LogP contribution in [0.5, 0.6) is 0 Å². The third-order valence-electron chi connectivity index (χ3n) is 3.62. The number of carbonyl (C=O) groups excluding carboxylic acids is 1. The molecule has 1 aromatic heterocycles. The van der Waals surface area contributed by atoms with Crippen molar-refractivity contribution in [3.05, 3.63) is 35.5 Å². The highest BCUT2D eigenvalue weighted by molar-refractivity contribution is 6.08. The number of H-pyrrole nitrogens is 1. The number of benzene rings is 1. The maximum absolute atomic E-state index is 12.4. The van der Waals surface area contributed by atoms with Crippen LogP contribution in [0.2, 0.25) is 0 Å². The monoisotopic (exact) mass is 260 g/mol. The van der Waals surface area contributed by atoms with Gasteiger partial charge in [0.2, 0.25) is 0 Å². The number of nitrogens with one attached hydrogen (secondary N) is 2. The number of aliphatic hydroxyl groups is 1. The van der Waals surface area contributed by atoms with Crippen molar-refractivity contribution in [1.29, 1.82) is 0 Å². The lowest BCUT2D eigenvalue weighted by molar-refractivity contribution is 0.0917. The van der Waals surface area contributed by atoms with Crippen LogP contribution in [-0.2, 0) is 0 Å². The molecular weight excluding hydrogens is 240 g/mol. The van der Waals surface area contributed by atoms with Crippen LogP contribution in [0.1, 0.15) is 29.9 Å². The number of aliphatic hydroxyl groups excluding tert-OH is 1. The fraction of sp³-hybridized carbons (Fsp3) is 0.400. The Morgan fingerprint density at radius 1 is 1.37 bits per heavy atom. The van der Waals surface area contributed by atoms with E-state index in [0.717, 1.165) is 16.6 Å². The van der Waals surface area contributed by atoms with Crippen molar-refractivity contribution in [3.63, 3.8) is 0 Å². The molecular formula is C15H20N2O2. The number of fused-ring (bicyclic) bond motifs is 1. The SMILES string of the molecule is Cc1[nH]c2ccccc2c1C(=O)NC(C)C(C)CO. The first kappa shape index (κ1) is 13.6. The number of aryl methyl sites for hydroxylation is 1. The molecule has 1 amide bonds. The lowest BCUT2D eigenvalue weighted by Gasteiger charge is -2.19. The first-order valence-corrected chi connectivity index (χ1v) is 6.53. The van der Waals surface area contributed by atoms with E-state index in [1.807, 2.05) is 45.0 Å². The van der Waals surface area contributed by atoms with Crippen LogP contribution in [0.15, 0.2) is 24.3 Å². The first-order chi connectivity index (χ1) is 9.04. The summed E-state index contributed by atoms with van der Waals surface area (Å²) in [4.78, 5) is 15.6. The third-order valence-corrected chi connectivity index (χ3v) is 3.62. The standard InChI is InChI=1S/C15H20N2O2/c1-9(8-18)10(2)17-15(19)14-11(3)16-13-7-5-4-6-12(13)14/h4-7,9-10,16,18H,8H2,1-3H3,(H,17,19). The van der Waals surface area contributed by atoms with Crippen molar-refractivity contribution in [2.24, 2.45) is 5.92 Å². The summed E-state index contributed by atoms with van der Waals surface area (Å²) in [5.74, 6) is -0.0581. The Morgan fingerprint density at radius 2 is 2.05 bits per heavy atom. The summed E-state index contributed by atoms with van der Waals surface area (Å²) in [5.41, 5.74) is 2.52. The van der Waals surface area contributed by atoms with Crippen molar-refractivity contribution >= 4 is 16.8 Å². The second kappa shape index (κ2) is 5.45. The highest BCUT2D eigenvalue weighted by Crippen LogP contribution is 2.21. The second-order valence-corrected chi connectivity index (χ2v) is 5.09. The minimum Gasteiger partial charge on any atom is -0.396 e. The highest BCUT2D eigenvalue weighted by atomic mass is 16.3. The van der Waals surface area contributed by atoms with Gasteiger partial charge in [-0.05, 0) is 25.8 Å². The number of hydrogen-bond donors (Lipinski definition) is 3. The molecule has 4 heteroatoms. The smallest absolute Gasteiger partial charge is 0.253 e. The van der Waals surface area contributed by atoms with Crippen LogP contribution >= 0.6 is 0 Å². The maximum Gasteiger partial charge on any atom is 0.253 e. The predicted octanol–water partition coefficient (Wildman–Crippen LogP) is 2.22. The molecule has 0 aliphatic carbocycles. The van der Waals surface area contributed by atoms with Crippen LogP contribution < -0.4 is 5.32 Å². The zero-order valence-corrected chi connectivity index (χ0v) is 11.5. The van der Waals surface area contributed by atoms with Gasteiger partial charge in [-0.3, -0.25) is 4.79 Å². The summed E-state index contributed by atoms with van der Waals surface area (Å²) >= 11 is 0. The van der Waals surface area contributed by atoms with Gasteiger partial charge in [-0.25, -0.2) is 0 Å². The molecule has 1 aromatic carbocycles. The number of rotatable bonds is 4. The fourth-order valence-corrected chi connectivity index (χ4v) is 2.15. The van der Waals surface area contributed by atoms with E-state index in [0.29, 0.717) is 5.56 Å². The van der Waals surface area contributed by atoms with Gasteiger partial charge in [0, 0.05) is 29.2 Å². The Bertz CT molecular complexity index is 589. The summed E-state index contributed by atoms with van der Waals surface area (Å²) in [7, 11) is 0. The fourth-order valence-electron chi connectivity index (χ4n) is 2.15. The molecule has 2 aromatic rings. The molecule has 2 unspecified atom stereocenters. The van der Waals surface area contributed by atoms with Gasteiger partial charge < -0.3 is 15.4 Å². The molecule has 0 saturated carbocycles. The molecule has 102 valence electrons. The Balaban J connectivity index is 2.29. The minimum absolute atomic E-state index is 0.0365. The molecule has 19 heavy (non-hydrogen) atoms. The summed E-state index contributed by atoms with van der Waals surface area (Å²) in [6, 6.07) is 7.69. The molecule has 0 fully saturated rings. The topological polar surface area (TPSA) is 65.1 Å². The van der Waals surface area contributed by atoms with E-state index in [9.17, 15) is 4.79 Å². The molecule has 1 heterocycles. The van der Waals surface area contributed by atoms with Crippen molar-refractivity contribution < 1.29 is 9.90 Å². The van der Waals surface area contributed by atoms with Gasteiger partial charge in [0.25, 0.3) is 5.91 Å². The van der Waals surface area contributed by atoms with Crippen molar-refractivity contribution in [2.75, 3.05) is 6.61 Å². The summed E-state index contributed by atoms with van der Waals surface area (Å²) < 4.78 is 0. The Hall–Kier alpha value is -1.81. The van der Waals surface area contributed by atoms with Crippen LogP contribution in [0, 0.1) is 12.8 Å². The normalized spacial score (nSPS) is 14.3. The molecule has 4 nitrogen and oxygen atoms in total. The van der Waals surface area contributed by atoms with Gasteiger partial charge in [-0.2, -0.15) is 0 Å². The van der Waals surface area contributed by atoms with Gasteiger partial charge in [-0.15, -0.1) is 0 Å². The van der Waals surface area contributed by atoms with Crippen molar-refractivity contribution in [2.45, 2.75) is 26.8 Å². The highest BCUT2D eigenvalue weighted by Gasteiger charge is 2.19. The minimum atomic E-state index is -0.0947. The third kappa shape index (κ3) is 2.63. The van der Waals surface area contributed by atoms with Crippen LogP contribution in [0.3, 0.4) is 0 Å². The molecule has 0 aliphatic rings. The molecule has 0 bridgehead atoms. The zero-order chi connectivity index (χ0) is 14.0. The number of amides is 1. The Kier molecular flexibility index (Phi) is 3.90. The summed E-state index contributed by atoms with van der Waals surface area (Å²) in [6.07, 6.45) is 0. The van der Waals surface area contributed by atoms with E-state index in [-0.39, 0.29) is 24.5 Å². The summed E-state index contributed by atoms with van der Waals surface area (Å²) in [5, 5.41) is 13.0. The largest absolute Gasteiger partial charge is 0.396 e. The van der Waals surface area contributed by atoms with E-state index in [1.165, 1.54) is 0 Å². The number of aromatic amines is 1. The molecule has 0 radical (unpaired) electrons. The van der Waals surface area contributed by atoms with E-state index in [2.05, 4.69) is 10.3 Å². The Labute approximate surface area is 112 Å². The summed E-state index contributed by atoms with van der Waals surface area (Å²) in [6.45, 7) is 5.78. The first-order valence-electron chi connectivity index (χ1n) is 6.53. The number of aromatic nitrogens is 1. The number of carbonyl (C=O) groups is 1. The van der Waals surface area contributed by atoms with Gasteiger partial charge in [0.1, 0.15) is 0 Å². The van der Waals surface area contributed by atoms with Crippen LogP contribution in [-0.4, -0.2) is 28.6 Å². The van der Waals surface area contributed by atoms with Crippen molar-refractivity contribution in [1.82, 2.24) is 10.3 Å². The van der Waals surface area contributed by atoms with Gasteiger partial charge >= 0.3 is 0 Å². The van der Waals surface area contributed by atoms with E-state index >= 15 is 0 Å². The number of hydrogen-bond acceptors (Lipinski definition) is 2. The van der Waals surface area contributed by atoms with E-state index in [4.69, 9.17) is 5.11 Å². The molecule has 3 N–H and O–H groups in total. The molecule has 0 saturated heterocycles. The molecule has 2 atom stereocenters. The maximum atomic E-state index is 12.4. The van der Waals surface area contributed by atoms with Gasteiger partial charge in [0.15, 0.2) is 0 Å². The average molecular weight is 260 g/mol. The average Bonchev–Trinajstić information content (AvgIpc) is 2.73. The van der Waals surface area contributed by atoms with E-state index in [1.54, 1.807) is 0 Å². The van der Waals surface area contributed by atoms with Crippen LogP contribution in [0.25, 0.3) is 10.9 Å². The lowest BCUT2D eigenvalue weighted by atomic mass is 10.0. The lowest BCUT2D eigenvalue weighted by Crippen LogP contribution is -2.38. The zero-order valence-electron chi connectivity index (χ0n) is 11.5. The van der Waals surface area contributed by atoms with Crippen molar-refractivity contribution in [3.8, 4) is 0 Å². The quantitative estimate of drug-likeness (QED) is 0.789. The van der Waals surface area contributed by atoms with Gasteiger partial charge in [-0.1, -0.05) is 25.1 Å². The predicted molar refractivity (Wildman–Crippen MR) is 76.2 cm³/mol. The van der Waals surface area contributed by atoms with E-state index < -0.39 is 0 Å². The number of para-hydroxylation sites is 1. The Morgan fingerprint density at radius 3 is 2.74 bits per heavy atom. The molecule has 2 rings (SSSR count). The van der Waals surface area contributed by atoms with Crippen LogP contribution in [0.4, 0.5) is 0 Å². The van der Waals surface area contributed by atoms with Gasteiger partial charge in [0.05, 0.1) is 5.56 Å². The molecule has 0 aliphatic heterocycles. The second-order valence-electron chi connectivity index (χ2n) is 5.09. The molecule has 0 spiro atoms.